The smallest absolute Gasteiger partial charge is 0.113 e. The zero-order chi connectivity index (χ0) is 12.9. The molecule has 0 spiro atoms. The fourth-order valence-electron chi connectivity index (χ4n) is 1.39. The second-order valence-electron chi connectivity index (χ2n) is 4.97. The molecule has 0 atom stereocenters. The molecule has 2 nitrogen and oxygen atoms in total. The second-order valence-corrected chi connectivity index (χ2v) is 4.97. The van der Waals surface area contributed by atoms with E-state index in [1.165, 1.54) is 0 Å². The highest BCUT2D eigenvalue weighted by Crippen LogP contribution is 2.12. The van der Waals surface area contributed by atoms with Gasteiger partial charge in [-0.05, 0) is 45.4 Å². The van der Waals surface area contributed by atoms with Gasteiger partial charge in [-0.2, -0.15) is 0 Å². The predicted octanol–water partition coefficient (Wildman–Crippen LogP) is 2.85. The molecule has 17 heavy (non-hydrogen) atoms. The van der Waals surface area contributed by atoms with Gasteiger partial charge in [0, 0.05) is 12.1 Å². The second kappa shape index (κ2) is 5.65. The lowest BCUT2D eigenvalue weighted by atomic mass is 10.1. The highest BCUT2D eigenvalue weighted by Gasteiger charge is 2.10. The summed E-state index contributed by atoms with van der Waals surface area (Å²) < 4.78 is 0. The lowest BCUT2D eigenvalue weighted by molar-refractivity contribution is 0.452. The molecular formula is C15H20N2. The van der Waals surface area contributed by atoms with Crippen molar-refractivity contribution in [2.45, 2.75) is 33.2 Å². The summed E-state index contributed by atoms with van der Waals surface area (Å²) >= 11 is 0. The Labute approximate surface area is 104 Å². The number of aromatic nitrogens is 1. The highest BCUT2D eigenvalue weighted by molar-refractivity contribution is 5.64. The van der Waals surface area contributed by atoms with Crippen LogP contribution in [0, 0.1) is 12.3 Å². The predicted molar refractivity (Wildman–Crippen MR) is 73.6 cm³/mol. The van der Waals surface area contributed by atoms with Crippen LogP contribution in [0.2, 0.25) is 0 Å². The molecule has 0 aliphatic carbocycles. The number of pyridine rings is 1. The van der Waals surface area contributed by atoms with Crippen LogP contribution in [0.1, 0.15) is 39.1 Å². The first-order chi connectivity index (χ1) is 7.96. The van der Waals surface area contributed by atoms with Crippen molar-refractivity contribution < 1.29 is 0 Å². The Kier molecular flexibility index (Phi) is 4.48. The van der Waals surface area contributed by atoms with E-state index in [1.54, 1.807) is 0 Å². The highest BCUT2D eigenvalue weighted by atomic mass is 14.9. The van der Waals surface area contributed by atoms with Crippen molar-refractivity contribution in [3.8, 4) is 12.3 Å². The molecule has 0 radical (unpaired) electrons. The van der Waals surface area contributed by atoms with E-state index in [0.717, 1.165) is 17.8 Å². The van der Waals surface area contributed by atoms with Crippen LogP contribution in [-0.4, -0.2) is 17.1 Å². The lowest BCUT2D eigenvalue weighted by Crippen LogP contribution is -2.36. The van der Waals surface area contributed by atoms with Gasteiger partial charge < -0.3 is 5.32 Å². The Morgan fingerprint density at radius 2 is 2.18 bits per heavy atom. The molecule has 0 saturated carbocycles. The molecule has 0 amide bonds. The fraction of sp³-hybridized carbons (Fsp3) is 0.400. The normalized spacial score (nSPS) is 12.3. The van der Waals surface area contributed by atoms with Gasteiger partial charge >= 0.3 is 0 Å². The van der Waals surface area contributed by atoms with E-state index in [-0.39, 0.29) is 5.54 Å². The molecule has 0 bridgehead atoms. The Bertz CT molecular complexity index is 445. The number of rotatable bonds is 3. The van der Waals surface area contributed by atoms with E-state index < -0.39 is 0 Å². The maximum absolute atomic E-state index is 5.36. The molecule has 1 aromatic heterocycles. The minimum Gasteiger partial charge on any atom is -0.308 e. The Morgan fingerprint density at radius 3 is 2.71 bits per heavy atom. The van der Waals surface area contributed by atoms with Gasteiger partial charge in [0.05, 0.1) is 5.69 Å². The molecule has 1 rings (SSSR count). The molecule has 0 aliphatic rings. The number of hydrogen-bond donors (Lipinski definition) is 1. The third kappa shape index (κ3) is 4.42. The molecule has 90 valence electrons. The monoisotopic (exact) mass is 228 g/mol. The van der Waals surface area contributed by atoms with Gasteiger partial charge in [0.1, 0.15) is 5.69 Å². The van der Waals surface area contributed by atoms with Crippen molar-refractivity contribution in [2.75, 3.05) is 6.54 Å². The zero-order valence-electron chi connectivity index (χ0n) is 11.0. The van der Waals surface area contributed by atoms with Gasteiger partial charge in [0.25, 0.3) is 0 Å². The molecule has 0 saturated heterocycles. The molecule has 1 aromatic rings. The average molecular weight is 228 g/mol. The van der Waals surface area contributed by atoms with Crippen LogP contribution in [0.3, 0.4) is 0 Å². The maximum Gasteiger partial charge on any atom is 0.113 e. The van der Waals surface area contributed by atoms with Crippen LogP contribution in [-0.2, 0) is 0 Å². The summed E-state index contributed by atoms with van der Waals surface area (Å²) in [7, 11) is 0. The van der Waals surface area contributed by atoms with E-state index in [0.29, 0.717) is 5.69 Å². The van der Waals surface area contributed by atoms with E-state index in [2.05, 4.69) is 43.1 Å². The zero-order valence-corrected chi connectivity index (χ0v) is 11.0. The van der Waals surface area contributed by atoms with Crippen molar-refractivity contribution in [3.63, 3.8) is 0 Å². The van der Waals surface area contributed by atoms with Gasteiger partial charge in [0.15, 0.2) is 0 Å². The molecule has 0 aromatic carbocycles. The van der Waals surface area contributed by atoms with Crippen molar-refractivity contribution in [3.05, 3.63) is 35.7 Å². The largest absolute Gasteiger partial charge is 0.308 e. The summed E-state index contributed by atoms with van der Waals surface area (Å²) in [4.78, 5) is 4.42. The number of terminal acetylenes is 1. The summed E-state index contributed by atoms with van der Waals surface area (Å²) in [5, 5.41) is 3.45. The molecule has 1 N–H and O–H groups in total. The van der Waals surface area contributed by atoms with Crippen LogP contribution in [0.5, 0.6) is 0 Å². The fourth-order valence-corrected chi connectivity index (χ4v) is 1.39. The first kappa shape index (κ1) is 13.5. The van der Waals surface area contributed by atoms with Gasteiger partial charge in [-0.15, -0.1) is 6.42 Å². The summed E-state index contributed by atoms with van der Waals surface area (Å²) in [6, 6.07) is 5.77. The Morgan fingerprint density at radius 1 is 1.47 bits per heavy atom. The Hall–Kier alpha value is -1.59. The minimum absolute atomic E-state index is 0.0952. The van der Waals surface area contributed by atoms with Crippen molar-refractivity contribution in [1.29, 1.82) is 0 Å². The first-order valence-electron chi connectivity index (χ1n) is 5.80. The molecule has 0 aliphatic heterocycles. The first-order valence-corrected chi connectivity index (χ1v) is 5.80. The lowest BCUT2D eigenvalue weighted by Gasteiger charge is -2.21. The average Bonchev–Trinajstić information content (AvgIpc) is 2.29. The van der Waals surface area contributed by atoms with Gasteiger partial charge in [-0.25, -0.2) is 4.98 Å². The number of nitrogens with zero attached hydrogens (tertiary/aromatic N) is 1. The van der Waals surface area contributed by atoms with E-state index in [9.17, 15) is 0 Å². The molecule has 2 heteroatoms. The van der Waals surface area contributed by atoms with Crippen LogP contribution in [0.4, 0.5) is 0 Å². The quantitative estimate of drug-likeness (QED) is 0.805. The maximum atomic E-state index is 5.36. The summed E-state index contributed by atoms with van der Waals surface area (Å²) in [5.41, 5.74) is 2.88. The van der Waals surface area contributed by atoms with Gasteiger partial charge in [0.2, 0.25) is 0 Å². The summed E-state index contributed by atoms with van der Waals surface area (Å²) in [6.07, 6.45) is 7.43. The third-order valence-electron chi connectivity index (χ3n) is 2.38. The molecule has 0 unspecified atom stereocenters. The standard InChI is InChI=1S/C15H20N2/c1-6-12(11-16-15(3,4)5)14-10-8-9-13(7-2)17-14/h2,6,8-10,16H,11H2,1,3-5H3/b12-6-. The molecular weight excluding hydrogens is 208 g/mol. The molecule has 1 heterocycles. The van der Waals surface area contributed by atoms with Gasteiger partial charge in [-0.1, -0.05) is 18.1 Å². The number of allylic oxidation sites excluding steroid dienone is 1. The van der Waals surface area contributed by atoms with E-state index in [1.807, 2.05) is 25.1 Å². The van der Waals surface area contributed by atoms with Crippen molar-refractivity contribution >= 4 is 5.57 Å². The van der Waals surface area contributed by atoms with Crippen LogP contribution in [0.25, 0.3) is 5.57 Å². The molecule has 0 fully saturated rings. The van der Waals surface area contributed by atoms with Crippen LogP contribution >= 0.6 is 0 Å². The Balaban J connectivity index is 2.85. The third-order valence-corrected chi connectivity index (χ3v) is 2.38. The number of hydrogen-bond acceptors (Lipinski definition) is 2. The van der Waals surface area contributed by atoms with E-state index in [4.69, 9.17) is 6.42 Å². The SMILES string of the molecule is C#Cc1cccc(/C(=C\C)CNC(C)(C)C)n1. The van der Waals surface area contributed by atoms with Crippen LogP contribution < -0.4 is 5.32 Å². The van der Waals surface area contributed by atoms with Crippen molar-refractivity contribution in [1.82, 2.24) is 10.3 Å². The van der Waals surface area contributed by atoms with Crippen molar-refractivity contribution in [2.24, 2.45) is 0 Å². The summed E-state index contributed by atoms with van der Waals surface area (Å²) in [6.45, 7) is 9.24. The topological polar surface area (TPSA) is 24.9 Å². The van der Waals surface area contributed by atoms with Gasteiger partial charge in [-0.3, -0.25) is 0 Å². The van der Waals surface area contributed by atoms with Crippen LogP contribution in [0.15, 0.2) is 24.3 Å². The summed E-state index contributed by atoms with van der Waals surface area (Å²) in [5.74, 6) is 2.56. The van der Waals surface area contributed by atoms with E-state index >= 15 is 0 Å². The minimum atomic E-state index is 0.0952. The number of nitrogens with one attached hydrogen (secondary N) is 1.